The first-order valence-electron chi connectivity index (χ1n) is 5.48. The van der Waals surface area contributed by atoms with Crippen LogP contribution in [0.3, 0.4) is 0 Å². The van der Waals surface area contributed by atoms with E-state index in [0.717, 1.165) is 0 Å². The van der Waals surface area contributed by atoms with E-state index >= 15 is 0 Å². The zero-order valence-electron chi connectivity index (χ0n) is 9.47. The predicted octanol–water partition coefficient (Wildman–Crippen LogP) is 2.27. The van der Waals surface area contributed by atoms with Crippen LogP contribution in [0.5, 0.6) is 11.5 Å². The van der Waals surface area contributed by atoms with Crippen LogP contribution in [0.15, 0.2) is 18.2 Å². The van der Waals surface area contributed by atoms with Crippen molar-refractivity contribution in [3.63, 3.8) is 0 Å². The van der Waals surface area contributed by atoms with Gasteiger partial charge in [-0.05, 0) is 12.1 Å². The summed E-state index contributed by atoms with van der Waals surface area (Å²) in [5.74, 6) is -0.0928. The molecular weight excluding hydrogens is 246 g/mol. The fourth-order valence-corrected chi connectivity index (χ4v) is 1.72. The third kappa shape index (κ3) is 2.95. The van der Waals surface area contributed by atoms with Crippen LogP contribution in [0, 0.1) is 0 Å². The monoisotopic (exact) mass is 258 g/mol. The van der Waals surface area contributed by atoms with Gasteiger partial charge in [-0.3, -0.25) is 4.79 Å². The lowest BCUT2D eigenvalue weighted by Gasteiger charge is -2.16. The lowest BCUT2D eigenvalue weighted by Crippen LogP contribution is -2.17. The van der Waals surface area contributed by atoms with Crippen LogP contribution in [0.1, 0.15) is 16.8 Å². The molecule has 1 aliphatic rings. The summed E-state index contributed by atoms with van der Waals surface area (Å²) in [6.07, 6.45) is 0.932. The van der Waals surface area contributed by atoms with Crippen molar-refractivity contribution in [3.8, 4) is 11.5 Å². The van der Waals surface area contributed by atoms with Crippen LogP contribution in [0.25, 0.3) is 0 Å². The summed E-state index contributed by atoms with van der Waals surface area (Å²) >= 11 is 0. The summed E-state index contributed by atoms with van der Waals surface area (Å²) in [5, 5.41) is 0. The standard InChI is InChI=1S/C12H12F2O4/c13-12(14)18-11-8(6-15)2-1-3-10(11)17-9-4-5-16-7-9/h1-3,6,9,12H,4-5,7H2. The smallest absolute Gasteiger partial charge is 0.387 e. The molecule has 4 nitrogen and oxygen atoms in total. The Morgan fingerprint density at radius 2 is 2.28 bits per heavy atom. The van der Waals surface area contributed by atoms with Gasteiger partial charge in [0.15, 0.2) is 17.8 Å². The molecule has 0 aliphatic carbocycles. The van der Waals surface area contributed by atoms with Gasteiger partial charge >= 0.3 is 6.61 Å². The fourth-order valence-electron chi connectivity index (χ4n) is 1.72. The number of para-hydroxylation sites is 1. The van der Waals surface area contributed by atoms with E-state index < -0.39 is 6.61 Å². The van der Waals surface area contributed by atoms with Gasteiger partial charge in [0.1, 0.15) is 6.10 Å². The highest BCUT2D eigenvalue weighted by molar-refractivity contribution is 5.81. The Hall–Kier alpha value is -1.69. The van der Waals surface area contributed by atoms with Crippen LogP contribution < -0.4 is 9.47 Å². The topological polar surface area (TPSA) is 44.8 Å². The number of rotatable bonds is 5. The SMILES string of the molecule is O=Cc1cccc(OC2CCOC2)c1OC(F)F. The molecule has 1 aliphatic heterocycles. The highest BCUT2D eigenvalue weighted by Gasteiger charge is 2.21. The summed E-state index contributed by atoms with van der Waals surface area (Å²) in [6.45, 7) is -2.03. The maximum atomic E-state index is 12.3. The molecule has 0 radical (unpaired) electrons. The second kappa shape index (κ2) is 5.77. The molecule has 2 rings (SSSR count). The summed E-state index contributed by atoms with van der Waals surface area (Å²) in [6, 6.07) is 4.43. The van der Waals surface area contributed by atoms with Crippen LogP contribution in [0.4, 0.5) is 8.78 Å². The van der Waals surface area contributed by atoms with Gasteiger partial charge < -0.3 is 14.2 Å². The summed E-state index contributed by atoms with van der Waals surface area (Å²) in [4.78, 5) is 10.8. The number of carbonyl (C=O) groups excluding carboxylic acids is 1. The maximum absolute atomic E-state index is 12.3. The number of halogens is 2. The minimum Gasteiger partial charge on any atom is -0.484 e. The van der Waals surface area contributed by atoms with Crippen molar-refractivity contribution in [1.82, 2.24) is 0 Å². The van der Waals surface area contributed by atoms with Gasteiger partial charge in [-0.1, -0.05) is 6.07 Å². The number of carbonyl (C=O) groups is 1. The minimum absolute atomic E-state index is 0.0340. The molecule has 1 unspecified atom stereocenters. The molecule has 0 spiro atoms. The van der Waals surface area contributed by atoms with E-state index in [-0.39, 0.29) is 23.2 Å². The van der Waals surface area contributed by atoms with Crippen molar-refractivity contribution < 1.29 is 27.8 Å². The third-order valence-corrected chi connectivity index (χ3v) is 2.52. The summed E-state index contributed by atoms with van der Waals surface area (Å²) in [7, 11) is 0. The molecule has 1 heterocycles. The van der Waals surface area contributed by atoms with Gasteiger partial charge in [-0.25, -0.2) is 0 Å². The van der Waals surface area contributed by atoms with E-state index in [1.54, 1.807) is 6.07 Å². The molecule has 0 bridgehead atoms. The molecule has 1 aromatic carbocycles. The van der Waals surface area contributed by atoms with E-state index in [9.17, 15) is 13.6 Å². The predicted molar refractivity (Wildman–Crippen MR) is 58.3 cm³/mol. The number of ether oxygens (including phenoxy) is 3. The molecule has 6 heteroatoms. The molecular formula is C12H12F2O4. The molecule has 1 atom stereocenters. The Kier molecular flexibility index (Phi) is 4.09. The summed E-state index contributed by atoms with van der Waals surface area (Å²) < 4.78 is 39.6. The molecule has 1 aromatic rings. The van der Waals surface area contributed by atoms with E-state index in [1.165, 1.54) is 12.1 Å². The normalized spacial score (nSPS) is 18.9. The number of hydrogen-bond acceptors (Lipinski definition) is 4. The van der Waals surface area contributed by atoms with Gasteiger partial charge in [0.25, 0.3) is 0 Å². The highest BCUT2D eigenvalue weighted by atomic mass is 19.3. The van der Waals surface area contributed by atoms with Crippen molar-refractivity contribution in [2.45, 2.75) is 19.1 Å². The average Bonchev–Trinajstić information content (AvgIpc) is 2.83. The average molecular weight is 258 g/mol. The van der Waals surface area contributed by atoms with Crippen molar-refractivity contribution >= 4 is 6.29 Å². The number of benzene rings is 1. The largest absolute Gasteiger partial charge is 0.484 e. The van der Waals surface area contributed by atoms with Gasteiger partial charge in [0.2, 0.25) is 0 Å². The van der Waals surface area contributed by atoms with Crippen LogP contribution in [-0.4, -0.2) is 32.2 Å². The number of hydrogen-bond donors (Lipinski definition) is 0. The third-order valence-electron chi connectivity index (χ3n) is 2.52. The van der Waals surface area contributed by atoms with Crippen molar-refractivity contribution in [2.24, 2.45) is 0 Å². The fraction of sp³-hybridized carbons (Fsp3) is 0.417. The molecule has 0 aromatic heterocycles. The Morgan fingerprint density at radius 1 is 1.44 bits per heavy atom. The first kappa shape index (κ1) is 12.8. The van der Waals surface area contributed by atoms with E-state index in [4.69, 9.17) is 9.47 Å². The molecule has 0 N–H and O–H groups in total. The van der Waals surface area contributed by atoms with Crippen LogP contribution in [-0.2, 0) is 4.74 Å². The van der Waals surface area contributed by atoms with Crippen LogP contribution in [0.2, 0.25) is 0 Å². The number of aldehydes is 1. The Morgan fingerprint density at radius 3 is 2.89 bits per heavy atom. The first-order valence-corrected chi connectivity index (χ1v) is 5.48. The zero-order valence-corrected chi connectivity index (χ0v) is 9.47. The molecule has 1 saturated heterocycles. The molecule has 0 saturated carbocycles. The van der Waals surface area contributed by atoms with Gasteiger partial charge in [-0.2, -0.15) is 8.78 Å². The van der Waals surface area contributed by atoms with Crippen molar-refractivity contribution in [2.75, 3.05) is 13.2 Å². The first-order chi connectivity index (χ1) is 8.70. The number of alkyl halides is 2. The Balaban J connectivity index is 2.23. The Labute approximate surface area is 102 Å². The second-order valence-corrected chi connectivity index (χ2v) is 3.77. The second-order valence-electron chi connectivity index (χ2n) is 3.77. The van der Waals surface area contributed by atoms with E-state index in [1.807, 2.05) is 0 Å². The van der Waals surface area contributed by atoms with E-state index in [0.29, 0.717) is 25.9 Å². The lowest BCUT2D eigenvalue weighted by atomic mass is 10.2. The van der Waals surface area contributed by atoms with E-state index in [2.05, 4.69) is 4.74 Å². The highest BCUT2D eigenvalue weighted by Crippen LogP contribution is 2.33. The maximum Gasteiger partial charge on any atom is 0.387 e. The van der Waals surface area contributed by atoms with Crippen molar-refractivity contribution in [3.05, 3.63) is 23.8 Å². The molecule has 98 valence electrons. The molecule has 18 heavy (non-hydrogen) atoms. The minimum atomic E-state index is -3.01. The zero-order chi connectivity index (χ0) is 13.0. The Bertz CT molecular complexity index is 417. The van der Waals surface area contributed by atoms with Gasteiger partial charge in [-0.15, -0.1) is 0 Å². The molecule has 1 fully saturated rings. The quantitative estimate of drug-likeness (QED) is 0.760. The molecule has 0 amide bonds. The lowest BCUT2D eigenvalue weighted by molar-refractivity contribution is -0.0523. The van der Waals surface area contributed by atoms with Crippen LogP contribution >= 0.6 is 0 Å². The summed E-state index contributed by atoms with van der Waals surface area (Å²) in [5.41, 5.74) is 0.0340. The van der Waals surface area contributed by atoms with Gasteiger partial charge in [0, 0.05) is 6.42 Å². The van der Waals surface area contributed by atoms with Crippen molar-refractivity contribution in [1.29, 1.82) is 0 Å². The van der Waals surface area contributed by atoms with Gasteiger partial charge in [0.05, 0.1) is 18.8 Å².